The Bertz CT molecular complexity index is 1030. The molecule has 0 spiro atoms. The first-order chi connectivity index (χ1) is 16.4. The predicted molar refractivity (Wildman–Crippen MR) is 142 cm³/mol. The van der Waals surface area contributed by atoms with Gasteiger partial charge in [0.25, 0.3) is 0 Å². The molecule has 3 heterocycles. The molecule has 0 radical (unpaired) electrons. The standard InChI is InChI=1S/C24H32ClN7OS/c1-16-6-7-19(25)14-21(16)31-8-10-32(11-9-31)23(29-22-27-17(2)13-18(3)28-22)30-24(34)26-15-20-5-4-12-33-20/h6-7,13-14,20H,4-5,8-12,15H2,1-3H3,(H2,26,27,28,29,30,34). The molecule has 0 saturated carbocycles. The summed E-state index contributed by atoms with van der Waals surface area (Å²) < 4.78 is 5.69. The van der Waals surface area contributed by atoms with Crippen molar-refractivity contribution in [1.29, 1.82) is 0 Å². The Labute approximate surface area is 211 Å². The molecule has 0 amide bonds. The molecule has 1 unspecified atom stereocenters. The van der Waals surface area contributed by atoms with Gasteiger partial charge in [-0.2, -0.15) is 4.99 Å². The highest BCUT2D eigenvalue weighted by Crippen LogP contribution is 2.25. The van der Waals surface area contributed by atoms with Gasteiger partial charge in [-0.05, 0) is 69.6 Å². The minimum absolute atomic E-state index is 0.191. The van der Waals surface area contributed by atoms with Gasteiger partial charge in [0.1, 0.15) is 0 Å². The van der Waals surface area contributed by atoms with E-state index in [1.165, 1.54) is 11.3 Å². The Morgan fingerprint density at radius 2 is 1.88 bits per heavy atom. The highest BCUT2D eigenvalue weighted by Gasteiger charge is 2.23. The number of nitrogens with one attached hydrogen (secondary N) is 2. The maximum Gasteiger partial charge on any atom is 0.229 e. The van der Waals surface area contributed by atoms with Crippen molar-refractivity contribution in [3.63, 3.8) is 0 Å². The van der Waals surface area contributed by atoms with Gasteiger partial charge in [0.05, 0.1) is 6.10 Å². The van der Waals surface area contributed by atoms with Crippen molar-refractivity contribution in [2.75, 3.05) is 49.5 Å². The fraction of sp³-hybridized carbons (Fsp3) is 0.500. The van der Waals surface area contributed by atoms with Crippen molar-refractivity contribution in [3.05, 3.63) is 46.2 Å². The summed E-state index contributed by atoms with van der Waals surface area (Å²) in [7, 11) is 0. The number of piperazine rings is 1. The van der Waals surface area contributed by atoms with E-state index in [0.29, 0.717) is 23.6 Å². The van der Waals surface area contributed by atoms with Crippen molar-refractivity contribution in [3.8, 4) is 0 Å². The van der Waals surface area contributed by atoms with Crippen molar-refractivity contribution < 1.29 is 4.74 Å². The Morgan fingerprint density at radius 3 is 2.56 bits per heavy atom. The third kappa shape index (κ3) is 6.55. The minimum Gasteiger partial charge on any atom is -0.376 e. The maximum absolute atomic E-state index is 6.25. The van der Waals surface area contributed by atoms with Gasteiger partial charge in [-0.3, -0.25) is 5.32 Å². The van der Waals surface area contributed by atoms with Gasteiger partial charge in [0.15, 0.2) is 5.11 Å². The first-order valence-electron chi connectivity index (χ1n) is 11.7. The number of nitrogens with zero attached hydrogens (tertiary/aromatic N) is 5. The van der Waals surface area contributed by atoms with E-state index in [1.54, 1.807) is 0 Å². The molecule has 0 bridgehead atoms. The molecule has 2 N–H and O–H groups in total. The number of aliphatic imine (C=N–C) groups is 1. The molecular weight excluding hydrogens is 470 g/mol. The summed E-state index contributed by atoms with van der Waals surface area (Å²) in [5, 5.41) is 7.73. The van der Waals surface area contributed by atoms with Crippen LogP contribution in [-0.2, 0) is 4.74 Å². The van der Waals surface area contributed by atoms with Crippen LogP contribution in [0.4, 0.5) is 11.6 Å². The van der Waals surface area contributed by atoms with Gasteiger partial charge >= 0.3 is 0 Å². The molecule has 10 heteroatoms. The largest absolute Gasteiger partial charge is 0.376 e. The number of aryl methyl sites for hydroxylation is 3. The van der Waals surface area contributed by atoms with Crippen LogP contribution >= 0.6 is 23.8 Å². The lowest BCUT2D eigenvalue weighted by Gasteiger charge is -2.38. The molecule has 4 rings (SSSR count). The second-order valence-electron chi connectivity index (χ2n) is 8.76. The highest BCUT2D eigenvalue weighted by molar-refractivity contribution is 7.80. The molecule has 2 saturated heterocycles. The zero-order chi connectivity index (χ0) is 24.1. The van der Waals surface area contributed by atoms with E-state index >= 15 is 0 Å². The normalized spacial score (nSPS) is 18.8. The van der Waals surface area contributed by atoms with E-state index in [2.05, 4.69) is 43.4 Å². The van der Waals surface area contributed by atoms with E-state index < -0.39 is 0 Å². The van der Waals surface area contributed by atoms with Crippen molar-refractivity contribution in [1.82, 2.24) is 20.2 Å². The lowest BCUT2D eigenvalue weighted by Crippen LogP contribution is -2.51. The lowest BCUT2D eigenvalue weighted by atomic mass is 10.1. The van der Waals surface area contributed by atoms with Gasteiger partial charge in [0.2, 0.25) is 11.9 Å². The van der Waals surface area contributed by atoms with Gasteiger partial charge in [-0.15, -0.1) is 0 Å². The van der Waals surface area contributed by atoms with Crippen LogP contribution in [-0.4, -0.2) is 71.4 Å². The number of halogens is 1. The highest BCUT2D eigenvalue weighted by atomic mass is 35.5. The van der Waals surface area contributed by atoms with Crippen LogP contribution in [0.2, 0.25) is 5.02 Å². The summed E-state index contributed by atoms with van der Waals surface area (Å²) in [6, 6.07) is 7.98. The Hall–Kier alpha value is -2.49. The number of hydrogen-bond donors (Lipinski definition) is 2. The average Bonchev–Trinajstić information content (AvgIpc) is 3.32. The molecule has 2 aromatic rings. The third-order valence-corrected chi connectivity index (χ3v) is 6.48. The minimum atomic E-state index is 0.191. The molecule has 8 nitrogen and oxygen atoms in total. The average molecular weight is 502 g/mol. The van der Waals surface area contributed by atoms with Gasteiger partial charge in [-0.25, -0.2) is 9.97 Å². The van der Waals surface area contributed by atoms with Crippen molar-refractivity contribution >= 4 is 46.5 Å². The molecule has 1 aromatic heterocycles. The van der Waals surface area contributed by atoms with Crippen LogP contribution in [0.5, 0.6) is 0 Å². The molecule has 0 aliphatic carbocycles. The first-order valence-corrected chi connectivity index (χ1v) is 12.5. The molecule has 1 aromatic carbocycles. The number of guanidine groups is 1. The topological polar surface area (TPSA) is 77.9 Å². The molecule has 2 fully saturated rings. The third-order valence-electron chi connectivity index (χ3n) is 6.01. The quantitative estimate of drug-likeness (QED) is 0.373. The van der Waals surface area contributed by atoms with E-state index in [0.717, 1.165) is 62.0 Å². The van der Waals surface area contributed by atoms with Crippen LogP contribution in [0.3, 0.4) is 0 Å². The van der Waals surface area contributed by atoms with Crippen molar-refractivity contribution in [2.45, 2.75) is 39.7 Å². The summed E-state index contributed by atoms with van der Waals surface area (Å²) in [6.07, 6.45) is 2.33. The molecule has 2 aliphatic rings. The van der Waals surface area contributed by atoms with E-state index in [4.69, 9.17) is 33.5 Å². The number of ether oxygens (including phenoxy) is 1. The predicted octanol–water partition coefficient (Wildman–Crippen LogP) is 3.70. The zero-order valence-electron chi connectivity index (χ0n) is 20.0. The zero-order valence-corrected chi connectivity index (χ0v) is 21.5. The van der Waals surface area contributed by atoms with Crippen LogP contribution in [0, 0.1) is 20.8 Å². The SMILES string of the molecule is Cc1cc(C)nc(N/C(=N/C(=S)NCC2CCCO2)N2CCN(c3cc(Cl)ccc3C)CC2)n1. The Balaban J connectivity index is 1.48. The molecule has 182 valence electrons. The summed E-state index contributed by atoms with van der Waals surface area (Å²) in [5.74, 6) is 1.17. The number of hydrogen-bond acceptors (Lipinski definition) is 5. The second kappa shape index (κ2) is 11.3. The monoisotopic (exact) mass is 501 g/mol. The fourth-order valence-electron chi connectivity index (χ4n) is 4.28. The number of thiocarbonyl (C=S) groups is 1. The van der Waals surface area contributed by atoms with E-state index in [-0.39, 0.29) is 6.10 Å². The first kappa shape index (κ1) is 24.6. The molecule has 34 heavy (non-hydrogen) atoms. The lowest BCUT2D eigenvalue weighted by molar-refractivity contribution is 0.114. The van der Waals surface area contributed by atoms with E-state index in [9.17, 15) is 0 Å². The molecule has 2 aliphatic heterocycles. The Morgan fingerprint density at radius 1 is 1.15 bits per heavy atom. The second-order valence-corrected chi connectivity index (χ2v) is 9.58. The number of anilines is 2. The van der Waals surface area contributed by atoms with Crippen LogP contribution in [0.1, 0.15) is 29.8 Å². The van der Waals surface area contributed by atoms with Gasteiger partial charge in [-0.1, -0.05) is 17.7 Å². The van der Waals surface area contributed by atoms with Crippen molar-refractivity contribution in [2.24, 2.45) is 4.99 Å². The fourth-order valence-corrected chi connectivity index (χ4v) is 4.62. The summed E-state index contributed by atoms with van der Waals surface area (Å²) in [5.41, 5.74) is 4.18. The number of aromatic nitrogens is 2. The number of benzene rings is 1. The summed E-state index contributed by atoms with van der Waals surface area (Å²) in [4.78, 5) is 18.3. The smallest absolute Gasteiger partial charge is 0.229 e. The van der Waals surface area contributed by atoms with Crippen LogP contribution < -0.4 is 15.5 Å². The van der Waals surface area contributed by atoms with Crippen LogP contribution in [0.25, 0.3) is 0 Å². The van der Waals surface area contributed by atoms with Crippen LogP contribution in [0.15, 0.2) is 29.3 Å². The van der Waals surface area contributed by atoms with E-state index in [1.807, 2.05) is 32.0 Å². The number of rotatable bonds is 4. The summed E-state index contributed by atoms with van der Waals surface area (Å²) in [6.45, 7) is 10.7. The Kier molecular flexibility index (Phi) is 8.18. The molecular formula is C24H32ClN7OS. The van der Waals surface area contributed by atoms with Gasteiger partial charge < -0.3 is 19.9 Å². The van der Waals surface area contributed by atoms with Gasteiger partial charge in [0, 0.05) is 61.4 Å². The summed E-state index contributed by atoms with van der Waals surface area (Å²) >= 11 is 11.8. The molecule has 1 atom stereocenters. The maximum atomic E-state index is 6.25.